The summed E-state index contributed by atoms with van der Waals surface area (Å²) in [6.45, 7) is 0.636. The maximum atomic E-state index is 11.7. The lowest BCUT2D eigenvalue weighted by atomic mass is 10.3. The van der Waals surface area contributed by atoms with Gasteiger partial charge in [-0.3, -0.25) is 5.32 Å². The second-order valence-corrected chi connectivity index (χ2v) is 5.25. The number of esters is 1. The molecule has 0 aliphatic rings. The molecule has 0 saturated heterocycles. The van der Waals surface area contributed by atoms with Crippen molar-refractivity contribution in [2.45, 2.75) is 12.6 Å². The molecule has 0 spiro atoms. The van der Waals surface area contributed by atoms with E-state index < -0.39 is 6.04 Å². The van der Waals surface area contributed by atoms with Crippen molar-refractivity contribution in [3.63, 3.8) is 0 Å². The fourth-order valence-corrected chi connectivity index (χ4v) is 2.74. The Kier molecular flexibility index (Phi) is 4.24. The normalized spacial score (nSPS) is 12.3. The van der Waals surface area contributed by atoms with Crippen molar-refractivity contribution < 1.29 is 9.53 Å². The maximum absolute atomic E-state index is 11.7. The largest absolute Gasteiger partial charge is 0.468 e. The molecule has 4 nitrogen and oxygen atoms in total. The van der Waals surface area contributed by atoms with Gasteiger partial charge in [-0.2, -0.15) is 0 Å². The Balaban J connectivity index is 2.04. The van der Waals surface area contributed by atoms with Crippen molar-refractivity contribution in [3.05, 3.63) is 39.0 Å². The number of nitrogens with zero attached hydrogens (tertiary/aromatic N) is 1. The van der Waals surface area contributed by atoms with E-state index in [0.29, 0.717) is 6.54 Å². The molecular formula is C11H12N2O2S2. The van der Waals surface area contributed by atoms with Crippen molar-refractivity contribution >= 4 is 28.6 Å². The van der Waals surface area contributed by atoms with Crippen LogP contribution < -0.4 is 5.32 Å². The van der Waals surface area contributed by atoms with Gasteiger partial charge in [0.15, 0.2) is 6.04 Å². The number of hydrogen-bond acceptors (Lipinski definition) is 6. The lowest BCUT2D eigenvalue weighted by Gasteiger charge is -2.13. The van der Waals surface area contributed by atoms with Gasteiger partial charge in [0.1, 0.15) is 5.01 Å². The average Bonchev–Trinajstić information content (AvgIpc) is 3.01. The molecule has 0 saturated carbocycles. The molecule has 2 rings (SSSR count). The SMILES string of the molecule is COC(=O)C(NCc1cccs1)c1nccs1. The topological polar surface area (TPSA) is 51.2 Å². The van der Waals surface area contributed by atoms with E-state index in [0.717, 1.165) is 5.01 Å². The number of methoxy groups -OCH3 is 1. The molecule has 0 aromatic carbocycles. The Morgan fingerprint density at radius 2 is 2.41 bits per heavy atom. The van der Waals surface area contributed by atoms with E-state index in [-0.39, 0.29) is 5.97 Å². The van der Waals surface area contributed by atoms with Crippen LogP contribution in [-0.4, -0.2) is 18.1 Å². The van der Waals surface area contributed by atoms with Crippen LogP contribution in [0.15, 0.2) is 29.1 Å². The zero-order chi connectivity index (χ0) is 12.1. The summed E-state index contributed by atoms with van der Waals surface area (Å²) in [5.74, 6) is -0.309. The molecule has 0 radical (unpaired) electrons. The number of nitrogens with one attached hydrogen (secondary N) is 1. The highest BCUT2D eigenvalue weighted by atomic mass is 32.1. The number of thiazole rings is 1. The van der Waals surface area contributed by atoms with E-state index in [1.54, 1.807) is 17.5 Å². The molecule has 2 aromatic rings. The molecule has 17 heavy (non-hydrogen) atoms. The van der Waals surface area contributed by atoms with Gasteiger partial charge >= 0.3 is 5.97 Å². The number of aromatic nitrogens is 1. The van der Waals surface area contributed by atoms with E-state index in [2.05, 4.69) is 10.3 Å². The molecule has 1 atom stereocenters. The molecule has 2 aromatic heterocycles. The monoisotopic (exact) mass is 268 g/mol. The maximum Gasteiger partial charge on any atom is 0.330 e. The van der Waals surface area contributed by atoms with Crippen molar-refractivity contribution in [1.82, 2.24) is 10.3 Å². The summed E-state index contributed by atoms with van der Waals surface area (Å²) in [6.07, 6.45) is 1.68. The van der Waals surface area contributed by atoms with Crippen LogP contribution in [0.4, 0.5) is 0 Å². The second-order valence-electron chi connectivity index (χ2n) is 3.29. The summed E-state index contributed by atoms with van der Waals surface area (Å²) in [5, 5.41) is 7.74. The number of rotatable bonds is 5. The Morgan fingerprint density at radius 1 is 1.53 bits per heavy atom. The first-order chi connectivity index (χ1) is 8.31. The number of hydrogen-bond donors (Lipinski definition) is 1. The van der Waals surface area contributed by atoms with Gasteiger partial charge in [0, 0.05) is 23.0 Å². The molecule has 2 heterocycles. The Bertz CT molecular complexity index is 454. The van der Waals surface area contributed by atoms with Crippen LogP contribution in [0.2, 0.25) is 0 Å². The van der Waals surface area contributed by atoms with Crippen LogP contribution in [0.5, 0.6) is 0 Å². The third-order valence-electron chi connectivity index (χ3n) is 2.20. The van der Waals surface area contributed by atoms with Crippen LogP contribution in [0.3, 0.4) is 0 Å². The number of carbonyl (C=O) groups is 1. The summed E-state index contributed by atoms with van der Waals surface area (Å²) in [4.78, 5) is 17.0. The van der Waals surface area contributed by atoms with Gasteiger partial charge < -0.3 is 4.74 Å². The Labute approximate surface area is 107 Å². The fourth-order valence-electron chi connectivity index (χ4n) is 1.38. The number of ether oxygens (including phenoxy) is 1. The molecule has 6 heteroatoms. The smallest absolute Gasteiger partial charge is 0.330 e. The minimum absolute atomic E-state index is 0.309. The van der Waals surface area contributed by atoms with E-state index in [1.807, 2.05) is 22.9 Å². The van der Waals surface area contributed by atoms with Gasteiger partial charge in [0.05, 0.1) is 7.11 Å². The van der Waals surface area contributed by atoms with Crippen LogP contribution in [0.1, 0.15) is 15.9 Å². The first-order valence-corrected chi connectivity index (χ1v) is 6.80. The lowest BCUT2D eigenvalue weighted by molar-refractivity contribution is -0.143. The standard InChI is InChI=1S/C11H12N2O2S2/c1-15-11(14)9(10-12-4-6-17-10)13-7-8-3-2-5-16-8/h2-6,9,13H,7H2,1H3. The molecule has 90 valence electrons. The molecule has 0 aliphatic heterocycles. The van der Waals surface area contributed by atoms with Gasteiger partial charge in [-0.25, -0.2) is 9.78 Å². The zero-order valence-corrected chi connectivity index (χ0v) is 10.9. The molecule has 0 bridgehead atoms. The van der Waals surface area contributed by atoms with Gasteiger partial charge in [-0.05, 0) is 11.4 Å². The Morgan fingerprint density at radius 3 is 3.00 bits per heavy atom. The second kappa shape index (κ2) is 5.90. The quantitative estimate of drug-likeness (QED) is 0.845. The van der Waals surface area contributed by atoms with E-state index in [9.17, 15) is 4.79 Å². The third-order valence-corrected chi connectivity index (χ3v) is 3.91. The number of carbonyl (C=O) groups excluding carboxylic acids is 1. The minimum Gasteiger partial charge on any atom is -0.468 e. The van der Waals surface area contributed by atoms with E-state index >= 15 is 0 Å². The minimum atomic E-state index is -0.484. The Hall–Kier alpha value is -1.24. The first-order valence-electron chi connectivity index (χ1n) is 5.04. The van der Waals surface area contributed by atoms with Crippen molar-refractivity contribution in [2.75, 3.05) is 7.11 Å². The zero-order valence-electron chi connectivity index (χ0n) is 9.25. The van der Waals surface area contributed by atoms with Gasteiger partial charge in [0.25, 0.3) is 0 Å². The summed E-state index contributed by atoms with van der Waals surface area (Å²) in [6, 6.07) is 3.52. The third kappa shape index (κ3) is 3.12. The van der Waals surface area contributed by atoms with Crippen LogP contribution >= 0.6 is 22.7 Å². The number of thiophene rings is 1. The summed E-state index contributed by atoms with van der Waals surface area (Å²) in [5.41, 5.74) is 0. The van der Waals surface area contributed by atoms with Crippen molar-refractivity contribution in [2.24, 2.45) is 0 Å². The van der Waals surface area contributed by atoms with Crippen molar-refractivity contribution in [3.8, 4) is 0 Å². The van der Waals surface area contributed by atoms with Crippen LogP contribution in [-0.2, 0) is 16.1 Å². The van der Waals surface area contributed by atoms with Gasteiger partial charge in [0.2, 0.25) is 0 Å². The molecular weight excluding hydrogens is 256 g/mol. The van der Waals surface area contributed by atoms with Crippen LogP contribution in [0.25, 0.3) is 0 Å². The highest BCUT2D eigenvalue weighted by Crippen LogP contribution is 2.18. The van der Waals surface area contributed by atoms with E-state index in [1.165, 1.54) is 23.3 Å². The average molecular weight is 268 g/mol. The fraction of sp³-hybridized carbons (Fsp3) is 0.273. The highest BCUT2D eigenvalue weighted by Gasteiger charge is 2.23. The predicted octanol–water partition coefficient (Wildman–Crippen LogP) is 2.21. The van der Waals surface area contributed by atoms with Crippen molar-refractivity contribution in [1.29, 1.82) is 0 Å². The molecule has 0 aliphatic carbocycles. The lowest BCUT2D eigenvalue weighted by Crippen LogP contribution is -2.28. The highest BCUT2D eigenvalue weighted by molar-refractivity contribution is 7.10. The summed E-state index contributed by atoms with van der Waals surface area (Å²) >= 11 is 3.09. The van der Waals surface area contributed by atoms with E-state index in [4.69, 9.17) is 4.74 Å². The first kappa shape index (κ1) is 12.2. The summed E-state index contributed by atoms with van der Waals surface area (Å²) < 4.78 is 4.77. The van der Waals surface area contributed by atoms with Gasteiger partial charge in [-0.1, -0.05) is 6.07 Å². The molecule has 1 N–H and O–H groups in total. The van der Waals surface area contributed by atoms with Crippen LogP contribution in [0, 0.1) is 0 Å². The molecule has 1 unspecified atom stereocenters. The van der Waals surface area contributed by atoms with Gasteiger partial charge in [-0.15, -0.1) is 22.7 Å². The molecule has 0 fully saturated rings. The summed E-state index contributed by atoms with van der Waals surface area (Å²) in [7, 11) is 1.38. The predicted molar refractivity (Wildman–Crippen MR) is 68.0 cm³/mol. The molecule has 0 amide bonds.